The summed E-state index contributed by atoms with van der Waals surface area (Å²) in [6, 6.07) is 6.84. The smallest absolute Gasteiger partial charge is 0.325 e. The Morgan fingerprint density at radius 1 is 1.27 bits per heavy atom. The Labute approximate surface area is 203 Å². The molecule has 176 valence electrons. The van der Waals surface area contributed by atoms with Crippen LogP contribution in [-0.4, -0.2) is 51.3 Å². The third-order valence-electron chi connectivity index (χ3n) is 6.65. The molecule has 0 radical (unpaired) electrons. The van der Waals surface area contributed by atoms with Crippen molar-refractivity contribution in [1.29, 1.82) is 0 Å². The van der Waals surface area contributed by atoms with Gasteiger partial charge in [0.05, 0.1) is 17.3 Å². The van der Waals surface area contributed by atoms with Gasteiger partial charge in [-0.15, -0.1) is 11.3 Å². The van der Waals surface area contributed by atoms with Crippen molar-refractivity contribution in [3.63, 3.8) is 0 Å². The van der Waals surface area contributed by atoms with Crippen molar-refractivity contribution < 1.29 is 14.4 Å². The van der Waals surface area contributed by atoms with Crippen LogP contribution in [0.4, 0.5) is 4.79 Å². The monoisotopic (exact) mass is 488 g/mol. The van der Waals surface area contributed by atoms with Gasteiger partial charge in [0.25, 0.3) is 11.8 Å². The molecule has 0 spiro atoms. The molecule has 2 fully saturated rings. The number of urea groups is 1. The van der Waals surface area contributed by atoms with Gasteiger partial charge in [-0.25, -0.2) is 4.79 Å². The summed E-state index contributed by atoms with van der Waals surface area (Å²) >= 11 is 7.50. The highest BCUT2D eigenvalue weighted by Crippen LogP contribution is 2.39. The fourth-order valence-corrected chi connectivity index (χ4v) is 5.88. The molecule has 2 saturated heterocycles. The van der Waals surface area contributed by atoms with E-state index < -0.39 is 5.54 Å². The molecule has 9 heteroatoms. The summed E-state index contributed by atoms with van der Waals surface area (Å²) in [6.45, 7) is 5.46. The van der Waals surface area contributed by atoms with Gasteiger partial charge in [0.2, 0.25) is 0 Å². The van der Waals surface area contributed by atoms with Gasteiger partial charge >= 0.3 is 6.03 Å². The summed E-state index contributed by atoms with van der Waals surface area (Å²) in [5.74, 6) is 0.122. The van der Waals surface area contributed by atoms with Crippen LogP contribution in [-0.2, 0) is 11.3 Å². The molecular weight excluding hydrogens is 460 g/mol. The highest BCUT2D eigenvalue weighted by molar-refractivity contribution is 7.12. The van der Waals surface area contributed by atoms with Gasteiger partial charge in [0.1, 0.15) is 10.4 Å². The van der Waals surface area contributed by atoms with Crippen LogP contribution in [0.15, 0.2) is 35.8 Å². The first kappa shape index (κ1) is 23.7. The predicted molar refractivity (Wildman–Crippen MR) is 128 cm³/mol. The molecule has 2 aromatic heterocycles. The maximum absolute atomic E-state index is 13.7. The maximum Gasteiger partial charge on any atom is 0.325 e. The quantitative estimate of drug-likeness (QED) is 0.578. The predicted octanol–water partition coefficient (Wildman–Crippen LogP) is 4.58. The summed E-state index contributed by atoms with van der Waals surface area (Å²) in [7, 11) is 0. The van der Waals surface area contributed by atoms with Crippen molar-refractivity contribution in [2.45, 2.75) is 51.6 Å². The van der Waals surface area contributed by atoms with E-state index in [0.717, 1.165) is 6.42 Å². The molecule has 0 unspecified atom stereocenters. The average molecular weight is 489 g/mol. The minimum absolute atomic E-state index is 0.0377. The number of hydrogen-bond donors (Lipinski definition) is 1. The van der Waals surface area contributed by atoms with Crippen molar-refractivity contribution >= 4 is 40.8 Å². The van der Waals surface area contributed by atoms with E-state index in [1.165, 1.54) is 16.2 Å². The topological polar surface area (TPSA) is 82.6 Å². The van der Waals surface area contributed by atoms with E-state index in [-0.39, 0.29) is 30.3 Å². The average Bonchev–Trinajstić information content (AvgIpc) is 3.35. The van der Waals surface area contributed by atoms with Gasteiger partial charge in [-0.1, -0.05) is 31.5 Å². The molecule has 33 heavy (non-hydrogen) atoms. The second-order valence-electron chi connectivity index (χ2n) is 9.21. The third-order valence-corrected chi connectivity index (χ3v) is 7.98. The van der Waals surface area contributed by atoms with Crippen LogP contribution in [0.2, 0.25) is 5.02 Å². The molecule has 2 aromatic rings. The first-order chi connectivity index (χ1) is 15.8. The lowest BCUT2D eigenvalue weighted by Crippen LogP contribution is -2.56. The number of thiophene rings is 1. The summed E-state index contributed by atoms with van der Waals surface area (Å²) in [5, 5.41) is 5.37. The van der Waals surface area contributed by atoms with Gasteiger partial charge in [0, 0.05) is 19.3 Å². The van der Waals surface area contributed by atoms with Crippen LogP contribution >= 0.6 is 22.9 Å². The molecule has 0 saturated carbocycles. The van der Waals surface area contributed by atoms with Crippen molar-refractivity contribution in [3.8, 4) is 0 Å². The Balaban J connectivity index is 1.51. The number of piperidine rings is 1. The lowest BCUT2D eigenvalue weighted by Gasteiger charge is -2.41. The number of pyridine rings is 1. The molecule has 0 aliphatic carbocycles. The number of carbonyl (C=O) groups is 3. The lowest BCUT2D eigenvalue weighted by atomic mass is 9.74. The van der Waals surface area contributed by atoms with Gasteiger partial charge in [-0.3, -0.25) is 19.5 Å². The number of nitrogens with zero attached hydrogens (tertiary/aromatic N) is 3. The first-order valence-corrected chi connectivity index (χ1v) is 12.6. The number of nitrogens with one attached hydrogen (secondary N) is 1. The van der Waals surface area contributed by atoms with Crippen LogP contribution in [0.25, 0.3) is 0 Å². The Bertz CT molecular complexity index is 1020. The Hall–Kier alpha value is -2.45. The van der Waals surface area contributed by atoms with E-state index in [1.807, 2.05) is 17.5 Å². The molecule has 2 aliphatic rings. The fourth-order valence-electron chi connectivity index (χ4n) is 4.77. The summed E-state index contributed by atoms with van der Waals surface area (Å²) in [6.07, 6.45) is 4.37. The molecule has 1 atom stereocenters. The second-order valence-corrected chi connectivity index (χ2v) is 10.5. The van der Waals surface area contributed by atoms with Crippen LogP contribution in [0.1, 0.15) is 54.9 Å². The number of carbonyl (C=O) groups excluding carboxylic acids is 3. The summed E-state index contributed by atoms with van der Waals surface area (Å²) < 4.78 is 0. The van der Waals surface area contributed by atoms with E-state index in [9.17, 15) is 14.4 Å². The van der Waals surface area contributed by atoms with E-state index in [0.29, 0.717) is 53.9 Å². The second kappa shape index (κ2) is 9.81. The van der Waals surface area contributed by atoms with Crippen molar-refractivity contribution in [3.05, 3.63) is 51.4 Å². The zero-order valence-electron chi connectivity index (χ0n) is 18.9. The summed E-state index contributed by atoms with van der Waals surface area (Å²) in [4.78, 5) is 47.5. The standard InChI is InChI=1S/C24H29ClN4O3S/c1-16(2)6-10-24(22(31)29(23(32)27-24)15-18-5-3-4-11-26-18)17-7-12-28(13-8-17)21(30)20-19(25)9-14-33-20/h3-5,9,11,14,16-17H,6-8,10,12-13,15H2,1-2H3,(H,27,32)/t24-/m0/s1. The molecule has 4 rings (SSSR count). The fraction of sp³-hybridized carbons (Fsp3) is 0.500. The zero-order chi connectivity index (χ0) is 23.6. The number of imide groups is 1. The number of amides is 4. The van der Waals surface area contributed by atoms with Crippen LogP contribution in [0.3, 0.4) is 0 Å². The normalized spacial score (nSPS) is 21.7. The largest absolute Gasteiger partial charge is 0.338 e. The van der Waals surface area contributed by atoms with E-state index in [2.05, 4.69) is 24.1 Å². The van der Waals surface area contributed by atoms with Gasteiger partial charge < -0.3 is 10.2 Å². The van der Waals surface area contributed by atoms with E-state index in [4.69, 9.17) is 11.6 Å². The first-order valence-electron chi connectivity index (χ1n) is 11.4. The minimum atomic E-state index is -0.939. The molecule has 0 aromatic carbocycles. The van der Waals surface area contributed by atoms with Crippen molar-refractivity contribution in [2.24, 2.45) is 11.8 Å². The molecular formula is C24H29ClN4O3S. The Morgan fingerprint density at radius 2 is 2.03 bits per heavy atom. The number of aromatic nitrogens is 1. The number of rotatable bonds is 7. The molecule has 2 aliphatic heterocycles. The van der Waals surface area contributed by atoms with Crippen LogP contribution < -0.4 is 5.32 Å². The Morgan fingerprint density at radius 3 is 2.64 bits per heavy atom. The zero-order valence-corrected chi connectivity index (χ0v) is 20.5. The number of hydrogen-bond acceptors (Lipinski definition) is 5. The lowest BCUT2D eigenvalue weighted by molar-refractivity contribution is -0.134. The highest BCUT2D eigenvalue weighted by atomic mass is 35.5. The number of halogens is 1. The molecule has 4 amide bonds. The van der Waals surface area contributed by atoms with Gasteiger partial charge in [0.15, 0.2) is 0 Å². The van der Waals surface area contributed by atoms with Crippen LogP contribution in [0, 0.1) is 11.8 Å². The van der Waals surface area contributed by atoms with Gasteiger partial charge in [-0.05, 0) is 61.1 Å². The van der Waals surface area contributed by atoms with Gasteiger partial charge in [-0.2, -0.15) is 0 Å². The maximum atomic E-state index is 13.7. The third kappa shape index (κ3) is 4.77. The minimum Gasteiger partial charge on any atom is -0.338 e. The van der Waals surface area contributed by atoms with Crippen LogP contribution in [0.5, 0.6) is 0 Å². The van der Waals surface area contributed by atoms with E-state index in [1.54, 1.807) is 23.2 Å². The van der Waals surface area contributed by atoms with Crippen molar-refractivity contribution in [2.75, 3.05) is 13.1 Å². The highest BCUT2D eigenvalue weighted by Gasteiger charge is 2.55. The molecule has 4 heterocycles. The molecule has 0 bridgehead atoms. The van der Waals surface area contributed by atoms with E-state index >= 15 is 0 Å². The molecule has 7 nitrogen and oxygen atoms in total. The number of likely N-dealkylation sites (tertiary alicyclic amines) is 1. The molecule has 1 N–H and O–H groups in total. The van der Waals surface area contributed by atoms with Crippen molar-refractivity contribution in [1.82, 2.24) is 20.1 Å². The SMILES string of the molecule is CC(C)CC[C@@]1(C2CCN(C(=O)c3sccc3Cl)CC2)NC(=O)N(Cc2ccccn2)C1=O. The summed E-state index contributed by atoms with van der Waals surface area (Å²) in [5.41, 5.74) is -0.264. The Kier molecular flexibility index (Phi) is 7.05.